The Morgan fingerprint density at radius 3 is 2.78 bits per heavy atom. The summed E-state index contributed by atoms with van der Waals surface area (Å²) in [5, 5.41) is 21.2. The van der Waals surface area contributed by atoms with Gasteiger partial charge in [0.1, 0.15) is 0 Å². The zero-order valence-electron chi connectivity index (χ0n) is 9.19. The molecule has 0 amide bonds. The van der Waals surface area contributed by atoms with Crippen molar-refractivity contribution in [3.63, 3.8) is 0 Å². The average molecular weight is 240 g/mol. The van der Waals surface area contributed by atoms with Gasteiger partial charge < -0.3 is 5.11 Å². The number of hydrogen-bond donors (Lipinski definition) is 1. The molecule has 1 N–H and O–H groups in total. The molecule has 2 aromatic heterocycles. The summed E-state index contributed by atoms with van der Waals surface area (Å²) >= 11 is 0. The van der Waals surface area contributed by atoms with Gasteiger partial charge in [0.05, 0.1) is 5.56 Å². The molecule has 6 nitrogen and oxygen atoms in total. The summed E-state index contributed by atoms with van der Waals surface area (Å²) in [4.78, 5) is 11.2. The van der Waals surface area contributed by atoms with Crippen molar-refractivity contribution >= 4 is 11.6 Å². The first-order valence-electron chi connectivity index (χ1n) is 5.26. The Hall–Kier alpha value is -2.76. The van der Waals surface area contributed by atoms with Crippen LogP contribution in [0.4, 0.5) is 0 Å². The standard InChI is InChI=1S/C12H8N4O2/c17-12(18)9-5-2-1-4-8(9)11-15-14-10-6-3-7-13-16(10)11/h1-7H,(H,17,18). The average Bonchev–Trinajstić information content (AvgIpc) is 2.82. The number of hydrogen-bond acceptors (Lipinski definition) is 4. The molecule has 3 aromatic rings. The minimum Gasteiger partial charge on any atom is -0.478 e. The van der Waals surface area contributed by atoms with Crippen LogP contribution in [-0.4, -0.2) is 30.9 Å². The molecule has 0 saturated carbocycles. The van der Waals surface area contributed by atoms with Gasteiger partial charge in [0.15, 0.2) is 11.5 Å². The van der Waals surface area contributed by atoms with Crippen LogP contribution in [0.3, 0.4) is 0 Å². The van der Waals surface area contributed by atoms with Crippen molar-refractivity contribution in [2.45, 2.75) is 0 Å². The molecule has 0 unspecified atom stereocenters. The first-order chi connectivity index (χ1) is 8.77. The third-order valence-corrected chi connectivity index (χ3v) is 2.58. The summed E-state index contributed by atoms with van der Waals surface area (Å²) in [5.41, 5.74) is 1.25. The number of rotatable bonds is 2. The molecule has 0 aliphatic rings. The Bertz CT molecular complexity index is 736. The monoisotopic (exact) mass is 240 g/mol. The summed E-state index contributed by atoms with van der Waals surface area (Å²) in [6.45, 7) is 0. The van der Waals surface area contributed by atoms with Gasteiger partial charge in [-0.25, -0.2) is 4.79 Å². The van der Waals surface area contributed by atoms with E-state index in [9.17, 15) is 4.79 Å². The van der Waals surface area contributed by atoms with Gasteiger partial charge >= 0.3 is 5.97 Å². The number of aromatic nitrogens is 4. The summed E-state index contributed by atoms with van der Waals surface area (Å²) in [7, 11) is 0. The molecule has 0 aliphatic carbocycles. The zero-order valence-corrected chi connectivity index (χ0v) is 9.19. The van der Waals surface area contributed by atoms with E-state index < -0.39 is 5.97 Å². The molecule has 2 heterocycles. The molecular weight excluding hydrogens is 232 g/mol. The lowest BCUT2D eigenvalue weighted by Gasteiger charge is -2.02. The van der Waals surface area contributed by atoms with Crippen molar-refractivity contribution < 1.29 is 9.90 Å². The van der Waals surface area contributed by atoms with E-state index in [0.717, 1.165) is 0 Å². The summed E-state index contributed by atoms with van der Waals surface area (Å²) in [5.74, 6) is -0.582. The van der Waals surface area contributed by atoms with Gasteiger partial charge in [-0.2, -0.15) is 9.61 Å². The molecule has 0 saturated heterocycles. The van der Waals surface area contributed by atoms with Gasteiger partial charge in [0.2, 0.25) is 0 Å². The quantitative estimate of drug-likeness (QED) is 0.734. The number of benzene rings is 1. The summed E-state index contributed by atoms with van der Waals surface area (Å²) in [6.07, 6.45) is 1.60. The third-order valence-electron chi connectivity index (χ3n) is 2.58. The normalized spacial score (nSPS) is 10.7. The lowest BCUT2D eigenvalue weighted by Crippen LogP contribution is -2.02. The first-order valence-corrected chi connectivity index (χ1v) is 5.26. The topological polar surface area (TPSA) is 80.4 Å². The van der Waals surface area contributed by atoms with Crippen molar-refractivity contribution in [2.24, 2.45) is 0 Å². The van der Waals surface area contributed by atoms with Crippen molar-refractivity contribution in [1.29, 1.82) is 0 Å². The molecule has 6 heteroatoms. The van der Waals surface area contributed by atoms with Crippen LogP contribution in [0.5, 0.6) is 0 Å². The van der Waals surface area contributed by atoms with Crippen LogP contribution in [-0.2, 0) is 0 Å². The van der Waals surface area contributed by atoms with Crippen molar-refractivity contribution in [1.82, 2.24) is 19.8 Å². The summed E-state index contributed by atoms with van der Waals surface area (Å²) < 4.78 is 1.52. The lowest BCUT2D eigenvalue weighted by molar-refractivity contribution is 0.0697. The van der Waals surface area contributed by atoms with Gasteiger partial charge in [-0.3, -0.25) is 0 Å². The number of carbonyl (C=O) groups is 1. The fourth-order valence-electron chi connectivity index (χ4n) is 1.78. The van der Waals surface area contributed by atoms with Crippen molar-refractivity contribution in [3.8, 4) is 11.4 Å². The Kier molecular flexibility index (Phi) is 2.26. The van der Waals surface area contributed by atoms with E-state index in [1.54, 1.807) is 36.5 Å². The van der Waals surface area contributed by atoms with E-state index in [0.29, 0.717) is 17.0 Å². The fourth-order valence-corrected chi connectivity index (χ4v) is 1.78. The molecule has 3 rings (SSSR count). The predicted molar refractivity (Wildman–Crippen MR) is 63.2 cm³/mol. The molecule has 88 valence electrons. The molecular formula is C12H8N4O2. The van der Waals surface area contributed by atoms with Gasteiger partial charge in [-0.1, -0.05) is 18.2 Å². The van der Waals surface area contributed by atoms with Crippen LogP contribution in [0.1, 0.15) is 10.4 Å². The Balaban J connectivity index is 2.30. The predicted octanol–water partition coefficient (Wildman–Crippen LogP) is 1.49. The molecule has 0 radical (unpaired) electrons. The molecule has 0 atom stereocenters. The number of carboxylic acids is 1. The van der Waals surface area contributed by atoms with Crippen LogP contribution in [0.2, 0.25) is 0 Å². The Morgan fingerprint density at radius 1 is 1.11 bits per heavy atom. The second kappa shape index (κ2) is 3.92. The van der Waals surface area contributed by atoms with Gasteiger partial charge in [0.25, 0.3) is 0 Å². The highest BCUT2D eigenvalue weighted by atomic mass is 16.4. The number of aromatic carboxylic acids is 1. The van der Waals surface area contributed by atoms with Crippen molar-refractivity contribution in [2.75, 3.05) is 0 Å². The number of fused-ring (bicyclic) bond motifs is 1. The lowest BCUT2D eigenvalue weighted by atomic mass is 10.1. The number of nitrogens with zero attached hydrogens (tertiary/aromatic N) is 4. The van der Waals surface area contributed by atoms with Crippen LogP contribution in [0.15, 0.2) is 42.6 Å². The molecule has 0 spiro atoms. The van der Waals surface area contributed by atoms with Gasteiger partial charge in [-0.05, 0) is 18.2 Å². The Labute approximate surface area is 102 Å². The highest BCUT2D eigenvalue weighted by molar-refractivity contribution is 5.95. The van der Waals surface area contributed by atoms with E-state index in [-0.39, 0.29) is 5.56 Å². The van der Waals surface area contributed by atoms with Gasteiger partial charge in [-0.15, -0.1) is 10.2 Å². The third kappa shape index (κ3) is 1.51. The van der Waals surface area contributed by atoms with Crippen molar-refractivity contribution in [3.05, 3.63) is 48.2 Å². The Morgan fingerprint density at radius 2 is 1.94 bits per heavy atom. The van der Waals surface area contributed by atoms with E-state index >= 15 is 0 Å². The van der Waals surface area contributed by atoms with Crippen LogP contribution >= 0.6 is 0 Å². The molecule has 1 aromatic carbocycles. The molecule has 0 aliphatic heterocycles. The zero-order chi connectivity index (χ0) is 12.5. The highest BCUT2D eigenvalue weighted by Gasteiger charge is 2.16. The minimum atomic E-state index is -1.00. The number of carboxylic acid groups (broad SMARTS) is 1. The van der Waals surface area contributed by atoms with E-state index in [2.05, 4.69) is 15.3 Å². The van der Waals surface area contributed by atoms with E-state index in [1.165, 1.54) is 10.6 Å². The first kappa shape index (κ1) is 10.4. The van der Waals surface area contributed by atoms with Crippen LogP contribution in [0.25, 0.3) is 17.0 Å². The minimum absolute atomic E-state index is 0.178. The highest BCUT2D eigenvalue weighted by Crippen LogP contribution is 2.21. The molecule has 18 heavy (non-hydrogen) atoms. The maximum absolute atomic E-state index is 11.2. The summed E-state index contributed by atoms with van der Waals surface area (Å²) in [6, 6.07) is 10.1. The van der Waals surface area contributed by atoms with E-state index in [1.807, 2.05) is 0 Å². The fraction of sp³-hybridized carbons (Fsp3) is 0. The molecule has 0 fully saturated rings. The SMILES string of the molecule is O=C(O)c1ccccc1-c1nnc2cccnn12. The van der Waals surface area contributed by atoms with Crippen LogP contribution in [0, 0.1) is 0 Å². The second-order valence-corrected chi connectivity index (χ2v) is 3.67. The maximum atomic E-state index is 11.2. The maximum Gasteiger partial charge on any atom is 0.336 e. The van der Waals surface area contributed by atoms with Gasteiger partial charge in [0, 0.05) is 11.8 Å². The smallest absolute Gasteiger partial charge is 0.336 e. The molecule has 0 bridgehead atoms. The van der Waals surface area contributed by atoms with E-state index in [4.69, 9.17) is 5.11 Å². The largest absolute Gasteiger partial charge is 0.478 e. The van der Waals surface area contributed by atoms with Crippen LogP contribution < -0.4 is 0 Å². The second-order valence-electron chi connectivity index (χ2n) is 3.67.